The van der Waals surface area contributed by atoms with Crippen molar-refractivity contribution in [2.75, 3.05) is 13.2 Å². The number of nitrogens with two attached hydrogens (primary N) is 4. The summed E-state index contributed by atoms with van der Waals surface area (Å²) in [5.74, 6) is -14.2. The summed E-state index contributed by atoms with van der Waals surface area (Å²) < 4.78 is 0. The molecular formula is C48H85N13O16. The molecule has 0 saturated carbocycles. The number of carboxylic acids is 3. The topological polar surface area (TPSA) is 498 Å². The fourth-order valence-corrected chi connectivity index (χ4v) is 7.43. The van der Waals surface area contributed by atoms with Crippen LogP contribution in [0.25, 0.3) is 0 Å². The highest BCUT2D eigenvalue weighted by atomic mass is 16.4. The first-order valence-corrected chi connectivity index (χ1v) is 25.6. The van der Waals surface area contributed by atoms with Gasteiger partial charge in [-0.1, -0.05) is 61.8 Å². The van der Waals surface area contributed by atoms with E-state index < -0.39 is 164 Å². The number of aliphatic imine (C=N–C) groups is 1. The summed E-state index contributed by atoms with van der Waals surface area (Å²) in [6.07, 6.45) is -2.59. The Morgan fingerprint density at radius 2 is 0.792 bits per heavy atom. The number of aliphatic hydroxyl groups is 1. The van der Waals surface area contributed by atoms with Gasteiger partial charge in [0.2, 0.25) is 53.2 Å². The monoisotopic (exact) mass is 1100 g/mol. The van der Waals surface area contributed by atoms with Crippen LogP contribution < -0.4 is 65.5 Å². The molecule has 77 heavy (non-hydrogen) atoms. The molecule has 0 fully saturated rings. The smallest absolute Gasteiger partial charge is 0.326 e. The van der Waals surface area contributed by atoms with Gasteiger partial charge in [-0.3, -0.25) is 57.7 Å². The number of aliphatic carboxylic acids is 3. The first kappa shape index (κ1) is 69.8. The summed E-state index contributed by atoms with van der Waals surface area (Å²) in [7, 11) is 0. The van der Waals surface area contributed by atoms with Crippen molar-refractivity contribution >= 4 is 77.0 Å². The molecular weight excluding hydrogens is 1010 g/mol. The molecule has 10 atom stereocenters. The fourth-order valence-electron chi connectivity index (χ4n) is 7.43. The number of hydrogen-bond acceptors (Lipinski definition) is 15. The minimum atomic E-state index is -1.74. The Balaban J connectivity index is 6.81. The Morgan fingerprint density at radius 1 is 0.455 bits per heavy atom. The number of guanidine groups is 1. The highest BCUT2D eigenvalue weighted by molar-refractivity contribution is 5.98. The molecule has 0 aliphatic heterocycles. The van der Waals surface area contributed by atoms with Gasteiger partial charge in [-0.25, -0.2) is 4.79 Å². The van der Waals surface area contributed by atoms with Gasteiger partial charge < -0.3 is 85.9 Å². The molecule has 0 aromatic rings. The summed E-state index contributed by atoms with van der Waals surface area (Å²) in [6.45, 7) is 12.6. The molecule has 0 heterocycles. The van der Waals surface area contributed by atoms with Crippen molar-refractivity contribution in [2.24, 2.45) is 51.6 Å². The maximum absolute atomic E-state index is 14.2. The fraction of sp³-hybridized carbons (Fsp3) is 0.729. The van der Waals surface area contributed by atoms with Crippen LogP contribution in [0, 0.1) is 23.7 Å². The summed E-state index contributed by atoms with van der Waals surface area (Å²) in [5, 5.41) is 58.5. The molecule has 0 rings (SSSR count). The number of amides is 9. The van der Waals surface area contributed by atoms with Crippen LogP contribution in [0.15, 0.2) is 4.99 Å². The summed E-state index contributed by atoms with van der Waals surface area (Å²) in [6, 6.07) is -13.3. The number of rotatable bonds is 39. The van der Waals surface area contributed by atoms with Crippen LogP contribution in [-0.2, 0) is 57.5 Å². The number of carbonyl (C=O) groups is 12. The lowest BCUT2D eigenvalue weighted by atomic mass is 9.98. The zero-order valence-corrected chi connectivity index (χ0v) is 45.3. The largest absolute Gasteiger partial charge is 0.481 e. The predicted octanol–water partition coefficient (Wildman–Crippen LogP) is -3.50. The van der Waals surface area contributed by atoms with Crippen LogP contribution in [0.1, 0.15) is 132 Å². The molecule has 0 aliphatic rings. The Labute approximate surface area is 448 Å². The number of aliphatic hydroxyl groups excluding tert-OH is 1. The van der Waals surface area contributed by atoms with Crippen molar-refractivity contribution < 1.29 is 78.0 Å². The zero-order valence-electron chi connectivity index (χ0n) is 45.3. The number of carboxylic acid groups (broad SMARTS) is 3. The molecule has 0 aliphatic carbocycles. The van der Waals surface area contributed by atoms with E-state index in [0.29, 0.717) is 6.42 Å². The number of nitrogens with one attached hydrogen (secondary N) is 8. The lowest BCUT2D eigenvalue weighted by molar-refractivity contribution is -0.144. The third-order valence-electron chi connectivity index (χ3n) is 11.8. The van der Waals surface area contributed by atoms with E-state index in [1.807, 2.05) is 0 Å². The quantitative estimate of drug-likeness (QED) is 0.0161. The standard InChI is InChI=1S/C48H85N13O16/c1-9-26(8)38(47(76)77)61-42(71)30(14-17-37(66)67)55-41(70)29(13-16-36(64)65)56-43(72)32(20-24(4)5)58-40(69)28(11-10-18-53-48(51)52)54-46(75)34(22-62)60-45(74)33(21-25(6)7)59-44(73)31(19-23(2)3)57-39(68)27(49)12-15-35(50)63/h23-34,38,62H,9-22,49H2,1-8H3,(H2,50,63)(H,54,75)(H,55,70)(H,56,72)(H,57,68)(H,58,69)(H,59,73)(H,60,74)(H,61,71)(H,64,65)(H,66,67)(H,76,77)(H4,51,52,53)/t26-,27-,28-,29-,30-,31-,32-,33-,34-,38-/m0/s1. The lowest BCUT2D eigenvalue weighted by Gasteiger charge is -2.29. The van der Waals surface area contributed by atoms with Crippen LogP contribution in [0.5, 0.6) is 0 Å². The number of hydrogen-bond donors (Lipinski definition) is 16. The molecule has 20 N–H and O–H groups in total. The van der Waals surface area contributed by atoms with Crippen molar-refractivity contribution in [1.29, 1.82) is 0 Å². The third kappa shape index (κ3) is 29.1. The van der Waals surface area contributed by atoms with Crippen molar-refractivity contribution in [2.45, 2.75) is 187 Å². The SMILES string of the molecule is CC[C@H](C)[C@H](NC(=O)[C@H](CCC(=O)O)NC(=O)[C@H](CCC(=O)O)NC(=O)[C@H](CC(C)C)NC(=O)[C@H](CCCN=C(N)N)NC(=O)[C@H](CO)NC(=O)[C@H](CC(C)C)NC(=O)[C@H](CC(C)C)NC(=O)[C@@H](N)CCC(N)=O)C(=O)O. The van der Waals surface area contributed by atoms with Crippen LogP contribution in [0.3, 0.4) is 0 Å². The molecule has 438 valence electrons. The van der Waals surface area contributed by atoms with E-state index in [1.54, 1.807) is 55.4 Å². The Hall–Kier alpha value is -7.17. The molecule has 0 radical (unpaired) electrons. The average Bonchev–Trinajstić information content (AvgIpc) is 3.32. The van der Waals surface area contributed by atoms with E-state index >= 15 is 0 Å². The van der Waals surface area contributed by atoms with Crippen LogP contribution >= 0.6 is 0 Å². The van der Waals surface area contributed by atoms with Crippen molar-refractivity contribution in [3.63, 3.8) is 0 Å². The average molecular weight is 1100 g/mol. The van der Waals surface area contributed by atoms with E-state index in [-0.39, 0.29) is 75.2 Å². The van der Waals surface area contributed by atoms with E-state index in [0.717, 1.165) is 0 Å². The first-order valence-electron chi connectivity index (χ1n) is 25.6. The molecule has 0 saturated heterocycles. The molecule has 0 unspecified atom stereocenters. The van der Waals surface area contributed by atoms with E-state index in [9.17, 15) is 78.0 Å². The van der Waals surface area contributed by atoms with E-state index in [1.165, 1.54) is 0 Å². The number of nitrogens with zero attached hydrogens (tertiary/aromatic N) is 1. The highest BCUT2D eigenvalue weighted by Crippen LogP contribution is 2.14. The van der Waals surface area contributed by atoms with E-state index in [2.05, 4.69) is 47.5 Å². The normalized spacial score (nSPS) is 15.1. The minimum absolute atomic E-state index is 0.0119. The van der Waals surface area contributed by atoms with Gasteiger partial charge in [0.05, 0.1) is 12.6 Å². The van der Waals surface area contributed by atoms with Crippen LogP contribution in [0.2, 0.25) is 0 Å². The molecule has 0 bridgehead atoms. The van der Waals surface area contributed by atoms with Crippen molar-refractivity contribution in [3.8, 4) is 0 Å². The van der Waals surface area contributed by atoms with Gasteiger partial charge in [0.25, 0.3) is 0 Å². The molecule has 0 aromatic heterocycles. The van der Waals surface area contributed by atoms with Gasteiger partial charge in [0.1, 0.15) is 48.3 Å². The maximum atomic E-state index is 14.2. The van der Waals surface area contributed by atoms with Crippen molar-refractivity contribution in [3.05, 3.63) is 0 Å². The Morgan fingerprint density at radius 3 is 1.13 bits per heavy atom. The number of carbonyl (C=O) groups excluding carboxylic acids is 9. The van der Waals surface area contributed by atoms with Gasteiger partial charge >= 0.3 is 17.9 Å². The van der Waals surface area contributed by atoms with Gasteiger partial charge in [-0.2, -0.15) is 0 Å². The molecule has 29 nitrogen and oxygen atoms in total. The predicted molar refractivity (Wildman–Crippen MR) is 278 cm³/mol. The van der Waals surface area contributed by atoms with Crippen LogP contribution in [0.4, 0.5) is 0 Å². The van der Waals surface area contributed by atoms with Gasteiger partial charge in [0, 0.05) is 25.8 Å². The minimum Gasteiger partial charge on any atom is -0.481 e. The van der Waals surface area contributed by atoms with E-state index in [4.69, 9.17) is 22.9 Å². The van der Waals surface area contributed by atoms with Gasteiger partial charge in [-0.15, -0.1) is 0 Å². The zero-order chi connectivity index (χ0) is 59.3. The second kappa shape index (κ2) is 36.0. The van der Waals surface area contributed by atoms with Gasteiger partial charge in [0.15, 0.2) is 5.96 Å². The number of primary amides is 1. The Bertz CT molecular complexity index is 2050. The summed E-state index contributed by atoms with van der Waals surface area (Å²) in [4.78, 5) is 160. The third-order valence-corrected chi connectivity index (χ3v) is 11.8. The highest BCUT2D eigenvalue weighted by Gasteiger charge is 2.36. The summed E-state index contributed by atoms with van der Waals surface area (Å²) in [5.41, 5.74) is 22.0. The molecule has 29 heteroatoms. The second-order valence-electron chi connectivity index (χ2n) is 20.1. The lowest BCUT2D eigenvalue weighted by Crippen LogP contribution is -2.61. The van der Waals surface area contributed by atoms with Crippen molar-refractivity contribution in [1.82, 2.24) is 42.5 Å². The molecule has 0 spiro atoms. The molecule has 9 amide bonds. The van der Waals surface area contributed by atoms with Gasteiger partial charge in [-0.05, 0) is 75.0 Å². The second-order valence-corrected chi connectivity index (χ2v) is 20.1. The Kier molecular flexibility index (Phi) is 32.6. The summed E-state index contributed by atoms with van der Waals surface area (Å²) >= 11 is 0. The van der Waals surface area contributed by atoms with Crippen LogP contribution in [-0.4, -0.2) is 165 Å². The maximum Gasteiger partial charge on any atom is 0.326 e. The first-order chi connectivity index (χ1) is 35.8. The molecule has 0 aromatic carbocycles.